The number of benzene rings is 1. The van der Waals surface area contributed by atoms with Crippen LogP contribution in [0.4, 0.5) is 5.69 Å². The second-order valence-electron chi connectivity index (χ2n) is 11.9. The molecule has 1 saturated heterocycles. The lowest BCUT2D eigenvalue weighted by atomic mass is 9.52. The van der Waals surface area contributed by atoms with Gasteiger partial charge in [0.25, 0.3) is 0 Å². The molecule has 1 heterocycles. The molecule has 1 aliphatic heterocycles. The van der Waals surface area contributed by atoms with E-state index >= 15 is 0 Å². The van der Waals surface area contributed by atoms with Gasteiger partial charge in [0.1, 0.15) is 5.75 Å². The molecular formula is C28H36N4O7. The maximum atomic E-state index is 13.9. The Hall–Kier alpha value is -3.15. The van der Waals surface area contributed by atoms with Gasteiger partial charge in [-0.1, -0.05) is 6.07 Å². The Bertz CT molecular complexity index is 1270. The molecule has 3 aliphatic carbocycles. The van der Waals surface area contributed by atoms with Gasteiger partial charge in [-0.3, -0.25) is 28.9 Å². The fourth-order valence-electron chi connectivity index (χ4n) is 7.43. The Kier molecular flexibility index (Phi) is 6.68. The molecule has 0 aromatic heterocycles. The molecule has 1 amide bonds. The van der Waals surface area contributed by atoms with Crippen LogP contribution in [-0.2, 0) is 25.6 Å². The number of aliphatic hydroxyl groups is 1. The molecule has 1 aromatic rings. The summed E-state index contributed by atoms with van der Waals surface area (Å²) in [4.78, 5) is 72.1. The number of hydrogen-bond donors (Lipinski definition) is 3. The summed E-state index contributed by atoms with van der Waals surface area (Å²) in [7, 11) is 7.06. The fraction of sp³-hybridized carbons (Fsp3) is 0.607. The minimum atomic E-state index is -2.71. The van der Waals surface area contributed by atoms with Crippen LogP contribution in [-0.4, -0.2) is 108 Å². The van der Waals surface area contributed by atoms with Crippen LogP contribution in [0.1, 0.15) is 35.2 Å². The summed E-state index contributed by atoms with van der Waals surface area (Å²) in [5.74, 6) is -10.2. The van der Waals surface area contributed by atoms with Crippen molar-refractivity contribution in [2.75, 3.05) is 46.2 Å². The summed E-state index contributed by atoms with van der Waals surface area (Å²) in [6.45, 7) is 1.82. The Morgan fingerprint density at radius 3 is 2.31 bits per heavy atom. The Labute approximate surface area is 226 Å². The largest absolute Gasteiger partial charge is 0.505 e. The summed E-state index contributed by atoms with van der Waals surface area (Å²) >= 11 is 0. The standard InChI is InChI=1S/C28H36N4O7/c1-30(2)21-16-12-14-11-13-5-6-17(32(4)15-7-9-31(3)10-8-15)22(33)18(13)23(34)19(14)25(36)28(16,39)26(37)20(24(21)35)27(29)38/h5-6,14-16,19-21,33,39H,7-12H2,1-4H3,(H2,29,38). The lowest BCUT2D eigenvalue weighted by Gasteiger charge is -2.52. The molecule has 5 rings (SSSR count). The number of nitrogens with zero attached hydrogens (tertiary/aromatic N) is 3. The zero-order chi connectivity index (χ0) is 28.5. The van der Waals surface area contributed by atoms with Crippen LogP contribution in [0, 0.1) is 23.7 Å². The minimum absolute atomic E-state index is 0.0267. The first-order valence-corrected chi connectivity index (χ1v) is 13.4. The van der Waals surface area contributed by atoms with Crippen molar-refractivity contribution in [3.05, 3.63) is 23.3 Å². The molecule has 6 atom stereocenters. The van der Waals surface area contributed by atoms with Gasteiger partial charge in [0.05, 0.1) is 23.2 Å². The van der Waals surface area contributed by atoms with E-state index in [9.17, 15) is 34.2 Å². The van der Waals surface area contributed by atoms with Crippen LogP contribution in [0.3, 0.4) is 0 Å². The van der Waals surface area contributed by atoms with E-state index < -0.39 is 64.4 Å². The molecular weight excluding hydrogens is 504 g/mol. The number of rotatable bonds is 4. The number of nitrogens with two attached hydrogens (primary N) is 1. The number of phenols is 1. The Balaban J connectivity index is 1.54. The molecule has 0 spiro atoms. The lowest BCUT2D eigenvalue weighted by molar-refractivity contribution is -0.181. The highest BCUT2D eigenvalue weighted by atomic mass is 16.3. The van der Waals surface area contributed by atoms with Crippen molar-refractivity contribution >= 4 is 34.7 Å². The maximum Gasteiger partial charge on any atom is 0.235 e. The molecule has 2 saturated carbocycles. The van der Waals surface area contributed by atoms with E-state index in [2.05, 4.69) is 11.9 Å². The number of carbonyl (C=O) groups is 5. The monoisotopic (exact) mass is 540 g/mol. The van der Waals surface area contributed by atoms with Crippen molar-refractivity contribution in [2.45, 2.75) is 43.4 Å². The quantitative estimate of drug-likeness (QED) is 0.421. The van der Waals surface area contributed by atoms with E-state index in [1.54, 1.807) is 26.2 Å². The number of likely N-dealkylation sites (tertiary alicyclic amines) is 1. The SMILES string of the molecule is CN1CCC(N(C)c2ccc3c(c2O)C(=O)C2C(=O)C4(O)C(=O)C(C(N)=O)C(=O)C(N(C)C)C4CC2C3)CC1. The molecule has 0 bridgehead atoms. The summed E-state index contributed by atoms with van der Waals surface area (Å²) in [5.41, 5.74) is 3.75. The van der Waals surface area contributed by atoms with Crippen molar-refractivity contribution in [1.82, 2.24) is 9.80 Å². The van der Waals surface area contributed by atoms with Crippen molar-refractivity contribution in [2.24, 2.45) is 29.4 Å². The van der Waals surface area contributed by atoms with E-state index in [1.807, 2.05) is 11.9 Å². The summed E-state index contributed by atoms with van der Waals surface area (Å²) < 4.78 is 0. The van der Waals surface area contributed by atoms with E-state index in [-0.39, 0.29) is 30.2 Å². The average molecular weight is 541 g/mol. The van der Waals surface area contributed by atoms with Crippen molar-refractivity contribution in [3.8, 4) is 5.75 Å². The van der Waals surface area contributed by atoms with Crippen molar-refractivity contribution in [3.63, 3.8) is 0 Å². The van der Waals surface area contributed by atoms with Crippen LogP contribution in [0.25, 0.3) is 0 Å². The highest BCUT2D eigenvalue weighted by Gasteiger charge is 2.69. The highest BCUT2D eigenvalue weighted by molar-refractivity contribution is 6.32. The van der Waals surface area contributed by atoms with Gasteiger partial charge in [0.15, 0.2) is 34.7 Å². The van der Waals surface area contributed by atoms with Crippen LogP contribution in [0.15, 0.2) is 12.1 Å². The summed E-state index contributed by atoms with van der Waals surface area (Å²) in [6.07, 6.45) is 2.09. The first-order valence-electron chi connectivity index (χ1n) is 13.4. The number of carbonyl (C=O) groups excluding carboxylic acids is 5. The first kappa shape index (κ1) is 27.4. The predicted molar refractivity (Wildman–Crippen MR) is 140 cm³/mol. The highest BCUT2D eigenvalue weighted by Crippen LogP contribution is 2.51. The number of amides is 1. The molecule has 11 nitrogen and oxygen atoms in total. The smallest absolute Gasteiger partial charge is 0.235 e. The van der Waals surface area contributed by atoms with E-state index in [4.69, 9.17) is 5.73 Å². The molecule has 1 aromatic carbocycles. The van der Waals surface area contributed by atoms with E-state index in [0.29, 0.717) is 11.3 Å². The third-order valence-electron chi connectivity index (χ3n) is 9.53. The van der Waals surface area contributed by atoms with Crippen LogP contribution >= 0.6 is 0 Å². The first-order chi connectivity index (χ1) is 18.3. The van der Waals surface area contributed by atoms with Gasteiger partial charge in [0.2, 0.25) is 5.91 Å². The molecule has 39 heavy (non-hydrogen) atoms. The lowest BCUT2D eigenvalue weighted by Crippen LogP contribution is -2.74. The molecule has 0 radical (unpaired) electrons. The minimum Gasteiger partial charge on any atom is -0.505 e. The number of Topliss-reactive ketones (excluding diaryl/α,β-unsaturated/α-hetero) is 4. The van der Waals surface area contributed by atoms with E-state index in [1.165, 1.54) is 4.90 Å². The number of hydrogen-bond acceptors (Lipinski definition) is 10. The van der Waals surface area contributed by atoms with Crippen LogP contribution in [0.5, 0.6) is 5.75 Å². The Morgan fingerprint density at radius 1 is 1.08 bits per heavy atom. The maximum absolute atomic E-state index is 13.9. The second kappa shape index (κ2) is 9.50. The number of likely N-dealkylation sites (N-methyl/N-ethyl adjacent to an activating group) is 1. The third kappa shape index (κ3) is 3.93. The number of phenolic OH excluding ortho intramolecular Hbond substituents is 1. The molecule has 11 heteroatoms. The van der Waals surface area contributed by atoms with Gasteiger partial charge in [0, 0.05) is 19.0 Å². The summed E-state index contributed by atoms with van der Waals surface area (Å²) in [6, 6.07) is 2.64. The van der Waals surface area contributed by atoms with Gasteiger partial charge in [-0.2, -0.15) is 0 Å². The van der Waals surface area contributed by atoms with Crippen LogP contribution < -0.4 is 10.6 Å². The third-order valence-corrected chi connectivity index (χ3v) is 9.53. The number of fused-ring (bicyclic) bond motifs is 3. The summed E-state index contributed by atoms with van der Waals surface area (Å²) in [5, 5.41) is 23.0. The molecule has 210 valence electrons. The van der Waals surface area contributed by atoms with Crippen molar-refractivity contribution < 1.29 is 34.2 Å². The Morgan fingerprint density at radius 2 is 1.72 bits per heavy atom. The fourth-order valence-corrected chi connectivity index (χ4v) is 7.43. The zero-order valence-corrected chi connectivity index (χ0v) is 22.7. The molecule has 6 unspecified atom stereocenters. The number of anilines is 1. The van der Waals surface area contributed by atoms with Crippen molar-refractivity contribution in [1.29, 1.82) is 0 Å². The molecule has 3 fully saturated rings. The van der Waals surface area contributed by atoms with Gasteiger partial charge < -0.3 is 25.7 Å². The van der Waals surface area contributed by atoms with Crippen LogP contribution in [0.2, 0.25) is 0 Å². The zero-order valence-electron chi connectivity index (χ0n) is 22.7. The number of aromatic hydroxyl groups is 1. The van der Waals surface area contributed by atoms with Gasteiger partial charge >= 0.3 is 0 Å². The molecule has 4 aliphatic rings. The van der Waals surface area contributed by atoms with Gasteiger partial charge in [-0.15, -0.1) is 0 Å². The number of piperidine rings is 1. The molecule has 4 N–H and O–H groups in total. The van der Waals surface area contributed by atoms with E-state index in [0.717, 1.165) is 25.9 Å². The second-order valence-corrected chi connectivity index (χ2v) is 11.9. The number of primary amides is 1. The normalized spacial score (nSPS) is 33.5. The van der Waals surface area contributed by atoms with Gasteiger partial charge in [-0.25, -0.2) is 0 Å². The topological polar surface area (TPSA) is 162 Å². The predicted octanol–water partition coefficient (Wildman–Crippen LogP) is -0.603. The van der Waals surface area contributed by atoms with Gasteiger partial charge in [-0.05, 0) is 77.5 Å². The number of ketones is 4. The average Bonchev–Trinajstić information content (AvgIpc) is 2.86.